The van der Waals surface area contributed by atoms with Crippen LogP contribution in [0.4, 0.5) is 5.69 Å². The van der Waals surface area contributed by atoms with E-state index in [-0.39, 0.29) is 11.2 Å². The Kier molecular flexibility index (Phi) is 5.32. The van der Waals surface area contributed by atoms with Gasteiger partial charge in [0, 0.05) is 12.5 Å². The minimum absolute atomic E-state index is 0.0764. The maximum absolute atomic E-state index is 12.6. The lowest BCUT2D eigenvalue weighted by Gasteiger charge is -2.15. The van der Waals surface area contributed by atoms with Crippen LogP contribution in [0.2, 0.25) is 0 Å². The van der Waals surface area contributed by atoms with Crippen molar-refractivity contribution >= 4 is 23.4 Å². The molecule has 1 aliphatic rings. The second-order valence-corrected chi connectivity index (χ2v) is 7.62. The first-order chi connectivity index (χ1) is 12.0. The largest absolute Gasteiger partial charge is 0.495 e. The average Bonchev–Trinajstić information content (AvgIpc) is 3.36. The highest BCUT2D eigenvalue weighted by Crippen LogP contribution is 2.40. The number of nitrogens with zero attached hydrogens (tertiary/aromatic N) is 3. The third-order valence-electron chi connectivity index (χ3n) is 4.27. The van der Waals surface area contributed by atoms with Crippen molar-refractivity contribution < 1.29 is 9.53 Å². The Bertz CT molecular complexity index is 770. The van der Waals surface area contributed by atoms with E-state index >= 15 is 0 Å². The summed E-state index contributed by atoms with van der Waals surface area (Å²) in [6.45, 7) is 6.77. The molecule has 0 aliphatic heterocycles. The van der Waals surface area contributed by atoms with Gasteiger partial charge in [0.2, 0.25) is 5.91 Å². The van der Waals surface area contributed by atoms with E-state index in [1.54, 1.807) is 7.11 Å². The predicted octanol–water partition coefficient (Wildman–Crippen LogP) is 3.61. The fraction of sp³-hybridized carbons (Fsp3) is 0.500. The van der Waals surface area contributed by atoms with Gasteiger partial charge < -0.3 is 14.6 Å². The van der Waals surface area contributed by atoms with Gasteiger partial charge in [-0.05, 0) is 51.3 Å². The zero-order valence-corrected chi connectivity index (χ0v) is 15.9. The summed E-state index contributed by atoms with van der Waals surface area (Å²) in [5.41, 5.74) is 1.76. The first-order valence-electron chi connectivity index (χ1n) is 8.58. The molecule has 2 aromatic rings. The van der Waals surface area contributed by atoms with Crippen LogP contribution in [0.3, 0.4) is 0 Å². The van der Waals surface area contributed by atoms with Crippen LogP contribution in [-0.2, 0) is 11.3 Å². The normalized spacial score (nSPS) is 15.0. The van der Waals surface area contributed by atoms with Crippen molar-refractivity contribution in [3.8, 4) is 5.75 Å². The quantitative estimate of drug-likeness (QED) is 0.764. The summed E-state index contributed by atoms with van der Waals surface area (Å²) in [4.78, 5) is 12.6. The monoisotopic (exact) mass is 360 g/mol. The molecule has 1 amide bonds. The van der Waals surface area contributed by atoms with E-state index in [9.17, 15) is 4.79 Å². The van der Waals surface area contributed by atoms with Gasteiger partial charge in [0.15, 0.2) is 5.16 Å². The summed E-state index contributed by atoms with van der Waals surface area (Å²) in [5.74, 6) is 2.18. The molecule has 6 nitrogen and oxygen atoms in total. The number of hydrogen-bond acceptors (Lipinski definition) is 5. The Balaban J connectivity index is 1.70. The summed E-state index contributed by atoms with van der Waals surface area (Å²) in [6.07, 6.45) is 2.37. The number of benzene rings is 1. The average molecular weight is 360 g/mol. The maximum Gasteiger partial charge on any atom is 0.237 e. The number of thioether (sulfide) groups is 1. The number of rotatable bonds is 7. The van der Waals surface area contributed by atoms with Gasteiger partial charge in [0.05, 0.1) is 18.0 Å². The van der Waals surface area contributed by atoms with Crippen LogP contribution in [0.15, 0.2) is 23.4 Å². The van der Waals surface area contributed by atoms with Crippen molar-refractivity contribution in [1.29, 1.82) is 0 Å². The number of hydrogen-bond donors (Lipinski definition) is 1. The summed E-state index contributed by atoms with van der Waals surface area (Å²) in [7, 11) is 1.60. The molecule has 1 N–H and O–H groups in total. The highest BCUT2D eigenvalue weighted by atomic mass is 32.2. The van der Waals surface area contributed by atoms with Gasteiger partial charge in [-0.1, -0.05) is 17.8 Å². The van der Waals surface area contributed by atoms with E-state index in [2.05, 4.69) is 27.0 Å². The number of carbonyl (C=O) groups excluding carboxylic acids is 1. The van der Waals surface area contributed by atoms with Crippen molar-refractivity contribution in [1.82, 2.24) is 14.8 Å². The summed E-state index contributed by atoms with van der Waals surface area (Å²) >= 11 is 1.44. The molecule has 0 radical (unpaired) electrons. The third kappa shape index (κ3) is 3.98. The van der Waals surface area contributed by atoms with Crippen molar-refractivity contribution in [3.05, 3.63) is 29.6 Å². The molecular formula is C18H24N4O2S. The summed E-state index contributed by atoms with van der Waals surface area (Å²) in [6, 6.07) is 5.72. The molecule has 1 aromatic carbocycles. The Labute approximate surface area is 152 Å². The van der Waals surface area contributed by atoms with Crippen LogP contribution in [0.5, 0.6) is 5.75 Å². The Hall–Kier alpha value is -2.02. The minimum Gasteiger partial charge on any atom is -0.495 e. The molecule has 1 atom stereocenters. The first kappa shape index (κ1) is 17.8. The Morgan fingerprint density at radius 1 is 1.44 bits per heavy atom. The Morgan fingerprint density at radius 2 is 2.20 bits per heavy atom. The van der Waals surface area contributed by atoms with Crippen LogP contribution < -0.4 is 10.1 Å². The number of aromatic nitrogens is 3. The lowest BCUT2D eigenvalue weighted by atomic mass is 10.2. The van der Waals surface area contributed by atoms with Gasteiger partial charge in [0.1, 0.15) is 11.6 Å². The second-order valence-electron chi connectivity index (χ2n) is 6.31. The van der Waals surface area contributed by atoms with Crippen molar-refractivity contribution in [2.75, 3.05) is 12.4 Å². The minimum atomic E-state index is -0.285. The maximum atomic E-state index is 12.6. The van der Waals surface area contributed by atoms with E-state index < -0.39 is 0 Å². The molecule has 1 fully saturated rings. The first-order valence-corrected chi connectivity index (χ1v) is 9.46. The third-order valence-corrected chi connectivity index (χ3v) is 5.35. The van der Waals surface area contributed by atoms with Crippen LogP contribution in [0.1, 0.15) is 44.0 Å². The van der Waals surface area contributed by atoms with E-state index in [1.165, 1.54) is 24.6 Å². The lowest BCUT2D eigenvalue weighted by molar-refractivity contribution is -0.115. The molecular weight excluding hydrogens is 336 g/mol. The molecule has 7 heteroatoms. The predicted molar refractivity (Wildman–Crippen MR) is 99.4 cm³/mol. The van der Waals surface area contributed by atoms with Crippen LogP contribution in [0, 0.1) is 6.92 Å². The van der Waals surface area contributed by atoms with Gasteiger partial charge in [-0.3, -0.25) is 4.79 Å². The number of nitrogens with one attached hydrogen (secondary N) is 1. The van der Waals surface area contributed by atoms with Crippen LogP contribution >= 0.6 is 11.8 Å². The molecule has 3 rings (SSSR count). The van der Waals surface area contributed by atoms with Gasteiger partial charge in [0.25, 0.3) is 0 Å². The molecule has 1 aromatic heterocycles. The van der Waals surface area contributed by atoms with Gasteiger partial charge in [-0.15, -0.1) is 10.2 Å². The van der Waals surface area contributed by atoms with Crippen LogP contribution in [-0.4, -0.2) is 33.0 Å². The number of aryl methyl sites for hydroxylation is 1. The Morgan fingerprint density at radius 3 is 2.84 bits per heavy atom. The van der Waals surface area contributed by atoms with E-state index in [0.29, 0.717) is 17.4 Å². The van der Waals surface area contributed by atoms with Gasteiger partial charge in [-0.2, -0.15) is 0 Å². The number of anilines is 1. The molecule has 1 heterocycles. The number of amides is 1. The molecule has 1 aliphatic carbocycles. The van der Waals surface area contributed by atoms with Crippen molar-refractivity contribution in [3.63, 3.8) is 0 Å². The number of carbonyl (C=O) groups is 1. The van der Waals surface area contributed by atoms with Gasteiger partial charge in [-0.25, -0.2) is 0 Å². The molecule has 134 valence electrons. The smallest absolute Gasteiger partial charge is 0.237 e. The summed E-state index contributed by atoms with van der Waals surface area (Å²) in [5, 5.41) is 12.1. The van der Waals surface area contributed by atoms with Crippen molar-refractivity contribution in [2.24, 2.45) is 0 Å². The van der Waals surface area contributed by atoms with Crippen LogP contribution in [0.25, 0.3) is 0 Å². The second kappa shape index (κ2) is 7.47. The fourth-order valence-electron chi connectivity index (χ4n) is 2.69. The van der Waals surface area contributed by atoms with E-state index in [4.69, 9.17) is 4.74 Å². The number of ether oxygens (including phenoxy) is 1. The molecule has 0 bridgehead atoms. The standard InChI is InChI=1S/C18H24N4O2S/c1-5-22-16(13-7-8-13)20-21-18(22)25-12(3)17(23)19-14-10-11(2)6-9-15(14)24-4/h6,9-10,12-13H,5,7-8H2,1-4H3,(H,19,23)/t12-/m0/s1. The molecule has 1 saturated carbocycles. The summed E-state index contributed by atoms with van der Waals surface area (Å²) < 4.78 is 7.45. The van der Waals surface area contributed by atoms with E-state index in [1.807, 2.05) is 32.0 Å². The lowest BCUT2D eigenvalue weighted by Crippen LogP contribution is -2.23. The zero-order valence-electron chi connectivity index (χ0n) is 15.1. The fourth-order valence-corrected chi connectivity index (χ4v) is 3.61. The molecule has 0 saturated heterocycles. The number of methoxy groups -OCH3 is 1. The van der Waals surface area contributed by atoms with Crippen molar-refractivity contribution in [2.45, 2.75) is 56.5 Å². The highest BCUT2D eigenvalue weighted by molar-refractivity contribution is 8.00. The van der Waals surface area contributed by atoms with E-state index in [0.717, 1.165) is 23.1 Å². The van der Waals surface area contributed by atoms with Gasteiger partial charge >= 0.3 is 0 Å². The zero-order chi connectivity index (χ0) is 18.0. The molecule has 25 heavy (non-hydrogen) atoms. The molecule has 0 spiro atoms. The topological polar surface area (TPSA) is 69.0 Å². The molecule has 0 unspecified atom stereocenters. The highest BCUT2D eigenvalue weighted by Gasteiger charge is 2.30. The SMILES string of the molecule is CCn1c(S[C@@H](C)C(=O)Nc2cc(C)ccc2OC)nnc1C1CC1.